The van der Waals surface area contributed by atoms with E-state index >= 15 is 0 Å². The number of imidazole rings is 1. The van der Waals surface area contributed by atoms with Gasteiger partial charge < -0.3 is 25.8 Å². The molecule has 3 aromatic heterocycles. The van der Waals surface area contributed by atoms with Gasteiger partial charge in [-0.1, -0.05) is 18.6 Å². The van der Waals surface area contributed by atoms with Crippen molar-refractivity contribution in [1.82, 2.24) is 29.5 Å². The van der Waals surface area contributed by atoms with Crippen molar-refractivity contribution < 1.29 is 32.2 Å². The summed E-state index contributed by atoms with van der Waals surface area (Å²) in [6.45, 7) is 7.19. The number of carbonyl (C=O) groups is 2. The van der Waals surface area contributed by atoms with Gasteiger partial charge in [-0.25, -0.2) is 9.97 Å². The number of nitrogens with zero attached hydrogens (tertiary/aromatic N) is 5. The van der Waals surface area contributed by atoms with E-state index in [-0.39, 0.29) is 60.5 Å². The highest BCUT2D eigenvalue weighted by Gasteiger charge is 2.38. The van der Waals surface area contributed by atoms with Gasteiger partial charge in [0.15, 0.2) is 22.9 Å². The van der Waals surface area contributed by atoms with Crippen molar-refractivity contribution in [2.45, 2.75) is 39.9 Å². The third-order valence-electron chi connectivity index (χ3n) is 6.49. The second-order valence-corrected chi connectivity index (χ2v) is 9.82. The lowest BCUT2D eigenvalue weighted by molar-refractivity contribution is -0.141. The van der Waals surface area contributed by atoms with E-state index in [4.69, 9.17) is 15.2 Å². The van der Waals surface area contributed by atoms with Crippen molar-refractivity contribution in [3.05, 3.63) is 65.4 Å². The Morgan fingerprint density at radius 2 is 1.98 bits per heavy atom. The fraction of sp³-hybridized carbons (Fsp3) is 0.345. The zero-order valence-corrected chi connectivity index (χ0v) is 24.4. The Morgan fingerprint density at radius 3 is 2.66 bits per heavy atom. The number of fused-ring (bicyclic) bond motifs is 1. The number of alkyl halides is 3. The summed E-state index contributed by atoms with van der Waals surface area (Å²) < 4.78 is 55.2. The molecule has 12 nitrogen and oxygen atoms in total. The number of hydrogen-bond acceptors (Lipinski definition) is 9. The van der Waals surface area contributed by atoms with Crippen LogP contribution in [0.4, 0.5) is 24.7 Å². The van der Waals surface area contributed by atoms with Crippen LogP contribution < -0.4 is 21.1 Å². The molecular weight excluding hydrogens is 581 g/mol. The minimum absolute atomic E-state index is 0.102. The molecule has 234 valence electrons. The first-order valence-electron chi connectivity index (χ1n) is 13.8. The molecule has 0 saturated heterocycles. The van der Waals surface area contributed by atoms with Crippen molar-refractivity contribution in [2.75, 3.05) is 31.6 Å². The molecule has 0 radical (unpaired) electrons. The summed E-state index contributed by atoms with van der Waals surface area (Å²) >= 11 is 0. The molecule has 4 aromatic rings. The van der Waals surface area contributed by atoms with Crippen LogP contribution in [-0.4, -0.2) is 62.8 Å². The number of rotatable bonds is 14. The summed E-state index contributed by atoms with van der Waals surface area (Å²) in [5.41, 5.74) is 6.57. The molecule has 0 spiro atoms. The Morgan fingerprint density at radius 1 is 1.18 bits per heavy atom. The Bertz CT molecular complexity index is 1660. The standard InChI is InChI=1S/C29H33F3N8O4/c1-4-19-20(28(42)35-10-14-43-13-8-33)5-6-22(24(19)44-17-41)37-26-27-36-15-23(40(27)12-9-34-26)21-16-39(11-7-18(2)3)38-25(21)29(30,31)32/h5-7,9,12,15-17H,4,8,10-11,13-14,33H2,1-3H3,(H,34,37)(H,35,42). The minimum Gasteiger partial charge on any atom is -0.426 e. The molecule has 0 fully saturated rings. The third-order valence-corrected chi connectivity index (χ3v) is 6.49. The van der Waals surface area contributed by atoms with E-state index in [2.05, 4.69) is 25.7 Å². The van der Waals surface area contributed by atoms with Crippen LogP contribution in [-0.2, 0) is 28.7 Å². The van der Waals surface area contributed by atoms with Gasteiger partial charge in [0.1, 0.15) is 0 Å². The average molecular weight is 615 g/mol. The molecule has 4 N–H and O–H groups in total. The normalized spacial score (nSPS) is 11.4. The maximum absolute atomic E-state index is 14.0. The van der Waals surface area contributed by atoms with Crippen LogP contribution in [0.15, 0.2) is 48.6 Å². The SMILES string of the molecule is CCc1c(C(=O)NCCOCCN)ccc(Nc2nccn3c(-c4cn(CC=C(C)C)nc4C(F)(F)F)cnc23)c1OC=O. The van der Waals surface area contributed by atoms with Crippen LogP contribution in [0, 0.1) is 0 Å². The maximum atomic E-state index is 14.0. The van der Waals surface area contributed by atoms with Gasteiger partial charge in [-0.05, 0) is 32.4 Å². The molecule has 0 saturated carbocycles. The van der Waals surface area contributed by atoms with Crippen LogP contribution in [0.5, 0.6) is 5.75 Å². The van der Waals surface area contributed by atoms with Gasteiger partial charge in [-0.3, -0.25) is 18.7 Å². The fourth-order valence-electron chi connectivity index (χ4n) is 4.51. The lowest BCUT2D eigenvalue weighted by atomic mass is 10.0. The van der Waals surface area contributed by atoms with E-state index in [0.29, 0.717) is 36.4 Å². The molecular formula is C29H33F3N8O4. The fourth-order valence-corrected chi connectivity index (χ4v) is 4.51. The molecule has 0 bridgehead atoms. The summed E-state index contributed by atoms with van der Waals surface area (Å²) in [6.07, 6.45) is 2.94. The highest BCUT2D eigenvalue weighted by molar-refractivity contribution is 5.97. The smallest absolute Gasteiger partial charge is 0.426 e. The van der Waals surface area contributed by atoms with Crippen molar-refractivity contribution in [3.8, 4) is 17.0 Å². The summed E-state index contributed by atoms with van der Waals surface area (Å²) in [5.74, 6) is -0.106. The number of aromatic nitrogens is 5. The first-order chi connectivity index (χ1) is 21.1. The zero-order valence-electron chi connectivity index (χ0n) is 24.4. The van der Waals surface area contributed by atoms with Gasteiger partial charge in [0, 0.05) is 42.8 Å². The number of anilines is 2. The molecule has 15 heteroatoms. The highest BCUT2D eigenvalue weighted by Crippen LogP contribution is 2.38. The third kappa shape index (κ3) is 7.23. The molecule has 0 aliphatic rings. The molecule has 0 aliphatic heterocycles. The first-order valence-corrected chi connectivity index (χ1v) is 13.8. The van der Waals surface area contributed by atoms with E-state index in [1.54, 1.807) is 25.1 Å². The number of carbonyl (C=O) groups excluding carboxylic acids is 2. The van der Waals surface area contributed by atoms with Crippen LogP contribution in [0.3, 0.4) is 0 Å². The minimum atomic E-state index is -4.70. The van der Waals surface area contributed by atoms with Crippen molar-refractivity contribution in [3.63, 3.8) is 0 Å². The van der Waals surface area contributed by atoms with Crippen LogP contribution in [0.2, 0.25) is 0 Å². The predicted molar refractivity (Wildman–Crippen MR) is 157 cm³/mol. The van der Waals surface area contributed by atoms with E-state index in [9.17, 15) is 22.8 Å². The number of halogens is 3. The van der Waals surface area contributed by atoms with Gasteiger partial charge in [0.2, 0.25) is 0 Å². The largest absolute Gasteiger partial charge is 0.435 e. The van der Waals surface area contributed by atoms with E-state index < -0.39 is 11.9 Å². The Kier molecular flexibility index (Phi) is 10.3. The molecule has 1 amide bonds. The zero-order chi connectivity index (χ0) is 31.9. The lowest BCUT2D eigenvalue weighted by Crippen LogP contribution is -2.29. The quantitative estimate of drug-likeness (QED) is 0.108. The molecule has 0 aliphatic carbocycles. The summed E-state index contributed by atoms with van der Waals surface area (Å²) in [4.78, 5) is 33.0. The second-order valence-electron chi connectivity index (χ2n) is 9.82. The number of hydrogen-bond donors (Lipinski definition) is 3. The number of nitrogens with two attached hydrogens (primary N) is 1. The predicted octanol–water partition coefficient (Wildman–Crippen LogP) is 4.12. The number of ether oxygens (including phenoxy) is 2. The second kappa shape index (κ2) is 14.1. The Hall–Kier alpha value is -4.76. The highest BCUT2D eigenvalue weighted by atomic mass is 19.4. The van der Waals surface area contributed by atoms with E-state index in [1.165, 1.54) is 33.9 Å². The van der Waals surface area contributed by atoms with E-state index in [0.717, 1.165) is 5.57 Å². The van der Waals surface area contributed by atoms with Gasteiger partial charge in [0.25, 0.3) is 12.4 Å². The molecule has 0 atom stereocenters. The van der Waals surface area contributed by atoms with Crippen molar-refractivity contribution >= 4 is 29.5 Å². The van der Waals surface area contributed by atoms with Gasteiger partial charge in [-0.2, -0.15) is 18.3 Å². The van der Waals surface area contributed by atoms with Crippen molar-refractivity contribution in [1.29, 1.82) is 0 Å². The van der Waals surface area contributed by atoms with Crippen LogP contribution >= 0.6 is 0 Å². The molecule has 3 heterocycles. The maximum Gasteiger partial charge on any atom is 0.435 e. The van der Waals surface area contributed by atoms with Gasteiger partial charge >= 0.3 is 6.18 Å². The molecule has 1 aromatic carbocycles. The number of amides is 1. The molecule has 0 unspecified atom stereocenters. The summed E-state index contributed by atoms with van der Waals surface area (Å²) in [6, 6.07) is 3.12. The van der Waals surface area contributed by atoms with Crippen molar-refractivity contribution in [2.24, 2.45) is 5.73 Å². The summed E-state index contributed by atoms with van der Waals surface area (Å²) in [7, 11) is 0. The monoisotopic (exact) mass is 614 g/mol. The summed E-state index contributed by atoms with van der Waals surface area (Å²) in [5, 5.41) is 9.61. The van der Waals surface area contributed by atoms with Crippen LogP contribution in [0.25, 0.3) is 16.9 Å². The number of allylic oxidation sites excluding steroid dienone is 2. The van der Waals surface area contributed by atoms with E-state index in [1.807, 2.05) is 13.8 Å². The van der Waals surface area contributed by atoms with Gasteiger partial charge in [0.05, 0.1) is 42.9 Å². The van der Waals surface area contributed by atoms with Gasteiger partial charge in [-0.15, -0.1) is 0 Å². The Balaban J connectivity index is 1.70. The lowest BCUT2D eigenvalue weighted by Gasteiger charge is -2.17. The first kappa shape index (κ1) is 32.2. The Labute approximate surface area is 251 Å². The number of benzene rings is 1. The molecule has 4 rings (SSSR count). The average Bonchev–Trinajstić information content (AvgIpc) is 3.61. The topological polar surface area (TPSA) is 151 Å². The molecule has 44 heavy (non-hydrogen) atoms. The number of nitrogens with one attached hydrogen (secondary N) is 2. The van der Waals surface area contributed by atoms with Crippen LogP contribution in [0.1, 0.15) is 42.4 Å².